The van der Waals surface area contributed by atoms with Gasteiger partial charge in [-0.25, -0.2) is 0 Å². The number of nitrogens with one attached hydrogen (secondary N) is 1. The zero-order chi connectivity index (χ0) is 13.0. The lowest BCUT2D eigenvalue weighted by molar-refractivity contribution is -0.136. The summed E-state index contributed by atoms with van der Waals surface area (Å²) in [6.45, 7) is 10.4. The molecule has 0 rings (SSSR count). The van der Waals surface area contributed by atoms with Crippen LogP contribution in [0.4, 0.5) is 0 Å². The Morgan fingerprint density at radius 1 is 1.38 bits per heavy atom. The quantitative estimate of drug-likeness (QED) is 0.609. The Morgan fingerprint density at radius 3 is 2.25 bits per heavy atom. The Kier molecular flexibility index (Phi) is 5.65. The van der Waals surface area contributed by atoms with Crippen molar-refractivity contribution in [3.63, 3.8) is 0 Å². The monoisotopic (exact) mass is 247 g/mol. The molecule has 1 unspecified atom stereocenters. The van der Waals surface area contributed by atoms with Crippen LogP contribution >= 0.6 is 0 Å². The molecule has 0 aliphatic heterocycles. The fourth-order valence-corrected chi connectivity index (χ4v) is 1.97. The number of hydrogen-bond acceptors (Lipinski definition) is 3. The number of hydrogen-bond donors (Lipinski definition) is 3. The highest BCUT2D eigenvalue weighted by molar-refractivity contribution is 6.76. The first-order valence-corrected chi connectivity index (χ1v) is 9.37. The Bertz CT molecular complexity index is 236. The zero-order valence-corrected chi connectivity index (χ0v) is 12.0. The molecule has 4 nitrogen and oxygen atoms in total. The lowest BCUT2D eigenvalue weighted by atomic mass is 9.87. The van der Waals surface area contributed by atoms with Crippen molar-refractivity contribution in [2.24, 2.45) is 5.41 Å². The van der Waals surface area contributed by atoms with E-state index in [0.717, 1.165) is 6.04 Å². The average molecular weight is 247 g/mol. The molecule has 0 fully saturated rings. The number of aliphatic hydroxyl groups is 2. The molecule has 5 heteroatoms. The second-order valence-corrected chi connectivity index (χ2v) is 11.8. The largest absolute Gasteiger partial charge is 0.396 e. The molecule has 0 aromatic rings. The number of amides is 1. The van der Waals surface area contributed by atoms with Crippen LogP contribution in [0.5, 0.6) is 0 Å². The summed E-state index contributed by atoms with van der Waals surface area (Å²) >= 11 is 0. The molecule has 0 bridgehead atoms. The minimum Gasteiger partial charge on any atom is -0.396 e. The molecular formula is C11H25NO3Si. The van der Waals surface area contributed by atoms with Crippen LogP contribution in [-0.2, 0) is 4.79 Å². The second-order valence-electron chi connectivity index (χ2n) is 6.15. The predicted octanol–water partition coefficient (Wildman–Crippen LogP) is 0.820. The SMILES string of the molecule is CC(C)(CO)C(O)C(=O)NCC[Si](C)(C)C. The third-order valence-electron chi connectivity index (χ3n) is 2.57. The van der Waals surface area contributed by atoms with Crippen molar-refractivity contribution in [1.29, 1.82) is 0 Å². The molecule has 16 heavy (non-hydrogen) atoms. The van der Waals surface area contributed by atoms with Gasteiger partial charge in [0.2, 0.25) is 5.91 Å². The highest BCUT2D eigenvalue weighted by atomic mass is 28.3. The van der Waals surface area contributed by atoms with Crippen LogP contribution in [-0.4, -0.2) is 43.4 Å². The van der Waals surface area contributed by atoms with Gasteiger partial charge >= 0.3 is 0 Å². The Hall–Kier alpha value is -0.393. The molecule has 0 aromatic carbocycles. The van der Waals surface area contributed by atoms with Gasteiger partial charge in [-0.15, -0.1) is 0 Å². The van der Waals surface area contributed by atoms with E-state index in [0.29, 0.717) is 6.54 Å². The average Bonchev–Trinajstić information content (AvgIpc) is 2.14. The number of carbonyl (C=O) groups excluding carboxylic acids is 1. The summed E-state index contributed by atoms with van der Waals surface area (Å²) in [5.74, 6) is -0.391. The Morgan fingerprint density at radius 2 is 1.88 bits per heavy atom. The lowest BCUT2D eigenvalue weighted by Crippen LogP contribution is -2.46. The minimum atomic E-state index is -1.16. The predicted molar refractivity (Wildman–Crippen MR) is 68.0 cm³/mol. The van der Waals surface area contributed by atoms with E-state index in [1.165, 1.54) is 0 Å². The van der Waals surface area contributed by atoms with Crippen molar-refractivity contribution >= 4 is 14.0 Å². The van der Waals surface area contributed by atoms with Crippen molar-refractivity contribution in [1.82, 2.24) is 5.32 Å². The van der Waals surface area contributed by atoms with E-state index < -0.39 is 25.5 Å². The van der Waals surface area contributed by atoms with Gasteiger partial charge in [0.1, 0.15) is 6.10 Å². The van der Waals surface area contributed by atoms with Gasteiger partial charge in [-0.3, -0.25) is 4.79 Å². The number of carbonyl (C=O) groups is 1. The van der Waals surface area contributed by atoms with Crippen LogP contribution in [0.1, 0.15) is 13.8 Å². The van der Waals surface area contributed by atoms with Gasteiger partial charge < -0.3 is 15.5 Å². The summed E-state index contributed by atoms with van der Waals surface area (Å²) in [4.78, 5) is 11.6. The summed E-state index contributed by atoms with van der Waals surface area (Å²) in [6.07, 6.45) is -1.15. The molecule has 0 aliphatic carbocycles. The van der Waals surface area contributed by atoms with Gasteiger partial charge in [0, 0.05) is 20.0 Å². The van der Waals surface area contributed by atoms with Crippen LogP contribution in [0, 0.1) is 5.41 Å². The summed E-state index contributed by atoms with van der Waals surface area (Å²) in [6, 6.07) is 0.991. The molecule has 1 atom stereocenters. The van der Waals surface area contributed by atoms with E-state index in [2.05, 4.69) is 25.0 Å². The Balaban J connectivity index is 4.08. The molecule has 0 aromatic heterocycles. The topological polar surface area (TPSA) is 69.6 Å². The van der Waals surface area contributed by atoms with Crippen molar-refractivity contribution in [3.05, 3.63) is 0 Å². The Labute approximate surface area is 99.1 Å². The van der Waals surface area contributed by atoms with Crippen LogP contribution in [0.25, 0.3) is 0 Å². The molecular weight excluding hydrogens is 222 g/mol. The van der Waals surface area contributed by atoms with Gasteiger partial charge in [-0.1, -0.05) is 33.5 Å². The van der Waals surface area contributed by atoms with Gasteiger partial charge in [0.15, 0.2) is 0 Å². The number of rotatable bonds is 6. The first-order chi connectivity index (χ1) is 7.10. The second kappa shape index (κ2) is 5.79. The first-order valence-electron chi connectivity index (χ1n) is 5.67. The molecule has 0 saturated heterocycles. The minimum absolute atomic E-state index is 0.213. The maximum absolute atomic E-state index is 11.6. The van der Waals surface area contributed by atoms with E-state index in [4.69, 9.17) is 5.11 Å². The summed E-state index contributed by atoms with van der Waals surface area (Å²) in [5, 5.41) is 21.5. The van der Waals surface area contributed by atoms with E-state index in [9.17, 15) is 9.90 Å². The van der Waals surface area contributed by atoms with E-state index in [-0.39, 0.29) is 6.61 Å². The van der Waals surface area contributed by atoms with Gasteiger partial charge in [0.05, 0.1) is 6.61 Å². The zero-order valence-electron chi connectivity index (χ0n) is 11.0. The summed E-state index contributed by atoms with van der Waals surface area (Å²) in [5.41, 5.74) is -0.788. The lowest BCUT2D eigenvalue weighted by Gasteiger charge is -2.27. The molecule has 0 spiro atoms. The van der Waals surface area contributed by atoms with Crippen molar-refractivity contribution < 1.29 is 15.0 Å². The highest BCUT2D eigenvalue weighted by Gasteiger charge is 2.32. The van der Waals surface area contributed by atoms with Crippen LogP contribution in [0.3, 0.4) is 0 Å². The van der Waals surface area contributed by atoms with Crippen molar-refractivity contribution in [2.75, 3.05) is 13.2 Å². The van der Waals surface area contributed by atoms with Crippen molar-refractivity contribution in [3.8, 4) is 0 Å². The third-order valence-corrected chi connectivity index (χ3v) is 4.32. The van der Waals surface area contributed by atoms with Gasteiger partial charge in [0.25, 0.3) is 0 Å². The van der Waals surface area contributed by atoms with E-state index in [1.54, 1.807) is 13.8 Å². The van der Waals surface area contributed by atoms with Gasteiger partial charge in [-0.2, -0.15) is 0 Å². The standard InChI is InChI=1S/C11H25NO3Si/c1-11(2,8-13)9(14)10(15)12-6-7-16(3,4)5/h9,13-14H,6-8H2,1-5H3,(H,12,15). The smallest absolute Gasteiger partial charge is 0.249 e. The molecule has 1 amide bonds. The maximum atomic E-state index is 11.6. The normalized spacial score (nSPS) is 14.7. The fourth-order valence-electron chi connectivity index (χ4n) is 1.10. The van der Waals surface area contributed by atoms with Gasteiger partial charge in [-0.05, 0) is 6.04 Å². The molecule has 3 N–H and O–H groups in total. The van der Waals surface area contributed by atoms with Crippen LogP contribution in [0.15, 0.2) is 0 Å². The molecule has 0 saturated carbocycles. The highest BCUT2D eigenvalue weighted by Crippen LogP contribution is 2.19. The van der Waals surface area contributed by atoms with Crippen LogP contribution < -0.4 is 5.32 Å². The summed E-state index contributed by atoms with van der Waals surface area (Å²) in [7, 11) is -1.16. The maximum Gasteiger partial charge on any atom is 0.249 e. The molecule has 0 aliphatic rings. The first kappa shape index (κ1) is 15.6. The molecule has 96 valence electrons. The van der Waals surface area contributed by atoms with E-state index >= 15 is 0 Å². The van der Waals surface area contributed by atoms with Crippen molar-refractivity contribution in [2.45, 2.75) is 45.6 Å². The third kappa shape index (κ3) is 5.63. The fraction of sp³-hybridized carbons (Fsp3) is 0.909. The molecule has 0 heterocycles. The van der Waals surface area contributed by atoms with E-state index in [1.807, 2.05) is 0 Å². The van der Waals surface area contributed by atoms with Crippen LogP contribution in [0.2, 0.25) is 25.7 Å². The summed E-state index contributed by atoms with van der Waals surface area (Å²) < 4.78 is 0. The molecule has 0 radical (unpaired) electrons. The number of aliphatic hydroxyl groups excluding tert-OH is 2.